The molecule has 0 fully saturated rings. The minimum Gasteiger partial charge on any atom is -0.385 e. The molecule has 0 radical (unpaired) electrons. The molecule has 0 saturated heterocycles. The number of halogens is 2. The molecule has 16 heavy (non-hydrogen) atoms. The summed E-state index contributed by atoms with van der Waals surface area (Å²) in [6.45, 7) is 2.04. The number of fused-ring (bicyclic) bond motifs is 1. The normalized spacial score (nSPS) is 12.6. The number of nitrogens with two attached hydrogens (primary N) is 1. The van der Waals surface area contributed by atoms with Gasteiger partial charge in [0.25, 0.3) is 0 Å². The molecule has 0 amide bonds. The van der Waals surface area contributed by atoms with Crippen LogP contribution in [-0.2, 0) is 0 Å². The molecule has 0 aliphatic heterocycles. The first kappa shape index (κ1) is 12.0. The van der Waals surface area contributed by atoms with E-state index in [-0.39, 0.29) is 3.74 Å². The largest absolute Gasteiger partial charge is 0.385 e. The molecule has 1 heterocycles. The summed E-state index contributed by atoms with van der Waals surface area (Å²) in [5, 5.41) is 0.686. The van der Waals surface area contributed by atoms with E-state index in [4.69, 9.17) is 5.73 Å². The molecular weight excluding hydrogens is 354 g/mol. The lowest BCUT2D eigenvalue weighted by atomic mass is 10.2. The first-order valence-electron chi connectivity index (χ1n) is 4.56. The van der Waals surface area contributed by atoms with Crippen molar-refractivity contribution in [3.63, 3.8) is 0 Å². The maximum absolute atomic E-state index is 5.73. The number of alkyl halides is 2. The first-order chi connectivity index (χ1) is 7.58. The lowest BCUT2D eigenvalue weighted by Crippen LogP contribution is -2.18. The van der Waals surface area contributed by atoms with Crippen molar-refractivity contribution in [2.24, 2.45) is 10.7 Å². The zero-order valence-electron chi connectivity index (χ0n) is 8.45. The van der Waals surface area contributed by atoms with E-state index in [0.717, 1.165) is 15.8 Å². The van der Waals surface area contributed by atoms with Crippen molar-refractivity contribution in [3.8, 4) is 0 Å². The monoisotopic (exact) mass is 361 g/mol. The van der Waals surface area contributed by atoms with Crippen LogP contribution in [0, 0.1) is 6.92 Å². The predicted molar refractivity (Wildman–Crippen MR) is 77.3 cm³/mol. The van der Waals surface area contributed by atoms with E-state index in [1.165, 1.54) is 11.3 Å². The topological polar surface area (TPSA) is 51.3 Å². The number of hydrogen-bond donors (Lipinski definition) is 1. The molecule has 84 valence electrons. The minimum absolute atomic E-state index is 0.117. The second kappa shape index (κ2) is 4.81. The molecule has 0 saturated carbocycles. The highest BCUT2D eigenvalue weighted by molar-refractivity contribution is 9.25. The van der Waals surface area contributed by atoms with E-state index in [9.17, 15) is 0 Å². The fourth-order valence-electron chi connectivity index (χ4n) is 1.28. The Bertz CT molecular complexity index is 548. The van der Waals surface area contributed by atoms with Crippen molar-refractivity contribution in [3.05, 3.63) is 23.8 Å². The van der Waals surface area contributed by atoms with Crippen LogP contribution in [0.4, 0.5) is 5.13 Å². The van der Waals surface area contributed by atoms with Crippen LogP contribution >= 0.6 is 43.2 Å². The lowest BCUT2D eigenvalue weighted by molar-refractivity contribution is 1.35. The molecule has 0 atom stereocenters. The summed E-state index contributed by atoms with van der Waals surface area (Å²) in [7, 11) is 0. The van der Waals surface area contributed by atoms with Crippen LogP contribution in [-0.4, -0.2) is 14.6 Å². The molecule has 2 N–H and O–H groups in total. The number of benzene rings is 1. The minimum atomic E-state index is -0.117. The van der Waals surface area contributed by atoms with Gasteiger partial charge in [0.05, 0.1) is 10.2 Å². The molecule has 0 aliphatic rings. The van der Waals surface area contributed by atoms with E-state index in [1.54, 1.807) is 0 Å². The number of aliphatic imine (C=N–C) groups is 1. The van der Waals surface area contributed by atoms with Gasteiger partial charge in [0.1, 0.15) is 9.57 Å². The van der Waals surface area contributed by atoms with Crippen LogP contribution in [0.2, 0.25) is 0 Å². The highest BCUT2D eigenvalue weighted by atomic mass is 79.9. The first-order valence-corrected chi connectivity index (χ1v) is 7.21. The summed E-state index contributed by atoms with van der Waals surface area (Å²) in [5.41, 5.74) is 7.89. The van der Waals surface area contributed by atoms with Gasteiger partial charge in [-0.05, 0) is 18.6 Å². The Morgan fingerprint density at radius 3 is 2.88 bits per heavy atom. The van der Waals surface area contributed by atoms with Crippen molar-refractivity contribution >= 4 is 64.4 Å². The van der Waals surface area contributed by atoms with E-state index < -0.39 is 0 Å². The Morgan fingerprint density at radius 1 is 1.50 bits per heavy atom. The Kier molecular flexibility index (Phi) is 3.61. The molecule has 0 unspecified atom stereocenters. The maximum atomic E-state index is 5.73. The van der Waals surface area contributed by atoms with E-state index in [0.29, 0.717) is 11.0 Å². The van der Waals surface area contributed by atoms with Crippen molar-refractivity contribution in [1.82, 2.24) is 4.98 Å². The summed E-state index contributed by atoms with van der Waals surface area (Å²) >= 11 is 8.12. The molecule has 1 aromatic heterocycles. The molecule has 0 bridgehead atoms. The van der Waals surface area contributed by atoms with Crippen molar-refractivity contribution in [1.29, 1.82) is 0 Å². The van der Waals surface area contributed by atoms with Gasteiger partial charge in [-0.25, -0.2) is 9.98 Å². The zero-order valence-corrected chi connectivity index (χ0v) is 12.4. The molecule has 0 aliphatic carbocycles. The molecule has 0 spiro atoms. The number of thiazole rings is 1. The second-order valence-corrected chi connectivity index (χ2v) is 7.32. The smallest absolute Gasteiger partial charge is 0.211 e. The van der Waals surface area contributed by atoms with Crippen LogP contribution in [0.5, 0.6) is 0 Å². The SMILES string of the molecule is Cc1cccc2sc(/N=C(\N)C(Br)Br)nc12. The number of para-hydroxylation sites is 1. The highest BCUT2D eigenvalue weighted by Gasteiger charge is 2.07. The Labute approximate surface area is 114 Å². The Balaban J connectivity index is 2.48. The quantitative estimate of drug-likeness (QED) is 0.503. The number of hydrogen-bond acceptors (Lipinski definition) is 3. The average Bonchev–Trinajstić information content (AvgIpc) is 2.61. The van der Waals surface area contributed by atoms with Crippen LogP contribution in [0.25, 0.3) is 10.2 Å². The number of rotatable bonds is 2. The molecular formula is C10H9Br2N3S. The lowest BCUT2D eigenvalue weighted by Gasteiger charge is -1.97. The fourth-order valence-corrected chi connectivity index (χ4v) is 2.42. The summed E-state index contributed by atoms with van der Waals surface area (Å²) < 4.78 is 1.01. The average molecular weight is 363 g/mol. The Morgan fingerprint density at radius 2 is 2.25 bits per heavy atom. The van der Waals surface area contributed by atoms with Crippen molar-refractivity contribution in [2.45, 2.75) is 10.7 Å². The molecule has 2 rings (SSSR count). The van der Waals surface area contributed by atoms with E-state index in [1.807, 2.05) is 25.1 Å². The molecule has 6 heteroatoms. The maximum Gasteiger partial charge on any atom is 0.211 e. The number of aromatic nitrogens is 1. The van der Waals surface area contributed by atoms with Gasteiger partial charge < -0.3 is 5.73 Å². The predicted octanol–water partition coefficient (Wildman–Crippen LogP) is 3.71. The number of aryl methyl sites for hydroxylation is 1. The van der Waals surface area contributed by atoms with Crippen LogP contribution in [0.1, 0.15) is 5.56 Å². The van der Waals surface area contributed by atoms with Gasteiger partial charge in [-0.3, -0.25) is 0 Å². The molecule has 3 nitrogen and oxygen atoms in total. The van der Waals surface area contributed by atoms with Crippen LogP contribution < -0.4 is 5.73 Å². The van der Waals surface area contributed by atoms with Gasteiger partial charge in [0.15, 0.2) is 0 Å². The van der Waals surface area contributed by atoms with Gasteiger partial charge in [-0.2, -0.15) is 0 Å². The van der Waals surface area contributed by atoms with Crippen molar-refractivity contribution in [2.75, 3.05) is 0 Å². The summed E-state index contributed by atoms with van der Waals surface area (Å²) in [6, 6.07) is 6.09. The van der Waals surface area contributed by atoms with Crippen molar-refractivity contribution < 1.29 is 0 Å². The summed E-state index contributed by atoms with van der Waals surface area (Å²) in [4.78, 5) is 8.69. The zero-order chi connectivity index (χ0) is 11.7. The highest BCUT2D eigenvalue weighted by Crippen LogP contribution is 2.30. The van der Waals surface area contributed by atoms with E-state index in [2.05, 4.69) is 41.8 Å². The number of nitrogens with zero attached hydrogens (tertiary/aromatic N) is 2. The Hall–Kier alpha value is -0.460. The van der Waals surface area contributed by atoms with Gasteiger partial charge >= 0.3 is 0 Å². The van der Waals surface area contributed by atoms with Crippen LogP contribution in [0.3, 0.4) is 0 Å². The van der Waals surface area contributed by atoms with Gasteiger partial charge in [0.2, 0.25) is 5.13 Å². The third-order valence-electron chi connectivity index (χ3n) is 2.06. The van der Waals surface area contributed by atoms with Gasteiger partial charge in [0, 0.05) is 0 Å². The number of amidine groups is 1. The third kappa shape index (κ3) is 2.44. The van der Waals surface area contributed by atoms with Gasteiger partial charge in [-0.1, -0.05) is 55.3 Å². The molecule has 1 aromatic carbocycles. The van der Waals surface area contributed by atoms with E-state index >= 15 is 0 Å². The summed E-state index contributed by atoms with van der Waals surface area (Å²) in [5.74, 6) is 0.469. The van der Waals surface area contributed by atoms with Crippen LogP contribution in [0.15, 0.2) is 23.2 Å². The molecule has 2 aromatic rings. The second-order valence-electron chi connectivity index (χ2n) is 3.26. The summed E-state index contributed by atoms with van der Waals surface area (Å²) in [6.07, 6.45) is 0. The van der Waals surface area contributed by atoms with Gasteiger partial charge in [-0.15, -0.1) is 0 Å². The fraction of sp³-hybridized carbons (Fsp3) is 0.200. The standard InChI is InChI=1S/C10H9Br2N3S/c1-5-3-2-4-6-7(5)14-10(16-6)15-9(13)8(11)12/h2-4,8H,1H3,(H2,13,14,15). The third-order valence-corrected chi connectivity index (χ3v) is 3.91.